The Bertz CT molecular complexity index is 682. The van der Waals surface area contributed by atoms with Crippen molar-refractivity contribution in [2.45, 2.75) is 13.0 Å². The van der Waals surface area contributed by atoms with Crippen molar-refractivity contribution in [1.29, 1.82) is 0 Å². The van der Waals surface area contributed by atoms with Crippen molar-refractivity contribution >= 4 is 17.3 Å². The molecule has 5 heteroatoms. The Hall–Kier alpha value is -2.11. The quantitative estimate of drug-likeness (QED) is 0.791. The van der Waals surface area contributed by atoms with Crippen molar-refractivity contribution in [2.24, 2.45) is 0 Å². The molecule has 1 aliphatic heterocycles. The average Bonchev–Trinajstić information content (AvgIpc) is 2.70. The van der Waals surface area contributed by atoms with Crippen LogP contribution in [-0.2, 0) is 13.0 Å². The number of thiocarbonyl (C=S) groups is 1. The number of piperazine rings is 1. The summed E-state index contributed by atoms with van der Waals surface area (Å²) < 4.78 is 5.19. The molecule has 1 fully saturated rings. The zero-order valence-electron chi connectivity index (χ0n) is 15.4. The van der Waals surface area contributed by atoms with Crippen LogP contribution in [0.25, 0.3) is 0 Å². The zero-order valence-corrected chi connectivity index (χ0v) is 16.2. The van der Waals surface area contributed by atoms with Gasteiger partial charge in [-0.2, -0.15) is 0 Å². The predicted octanol–water partition coefficient (Wildman–Crippen LogP) is 2.93. The maximum Gasteiger partial charge on any atom is 0.169 e. The third-order valence-electron chi connectivity index (χ3n) is 4.76. The molecular formula is C21H27N3OS. The summed E-state index contributed by atoms with van der Waals surface area (Å²) in [5, 5.41) is 4.27. The molecule has 1 heterocycles. The molecule has 0 bridgehead atoms. The van der Waals surface area contributed by atoms with Gasteiger partial charge in [-0.3, -0.25) is 4.90 Å². The smallest absolute Gasteiger partial charge is 0.169 e. The van der Waals surface area contributed by atoms with Gasteiger partial charge in [0.2, 0.25) is 0 Å². The van der Waals surface area contributed by atoms with E-state index in [-0.39, 0.29) is 0 Å². The number of hydrogen-bond donors (Lipinski definition) is 1. The second-order valence-corrected chi connectivity index (χ2v) is 6.97. The van der Waals surface area contributed by atoms with E-state index in [0.717, 1.165) is 56.6 Å². The molecule has 0 amide bonds. The van der Waals surface area contributed by atoms with Crippen LogP contribution in [0.2, 0.25) is 0 Å². The summed E-state index contributed by atoms with van der Waals surface area (Å²) in [6, 6.07) is 18.9. The molecule has 2 aromatic carbocycles. The first kappa shape index (κ1) is 18.7. The third kappa shape index (κ3) is 5.44. The number of rotatable bonds is 6. The lowest BCUT2D eigenvalue weighted by molar-refractivity contribution is 0.174. The number of methoxy groups -OCH3 is 1. The number of hydrogen-bond acceptors (Lipinski definition) is 3. The van der Waals surface area contributed by atoms with Gasteiger partial charge in [0, 0.05) is 39.3 Å². The van der Waals surface area contributed by atoms with Gasteiger partial charge in [0.05, 0.1) is 7.11 Å². The van der Waals surface area contributed by atoms with Gasteiger partial charge in [-0.15, -0.1) is 0 Å². The van der Waals surface area contributed by atoms with Crippen molar-refractivity contribution in [2.75, 3.05) is 39.8 Å². The fourth-order valence-electron chi connectivity index (χ4n) is 3.17. The molecule has 4 nitrogen and oxygen atoms in total. The van der Waals surface area contributed by atoms with E-state index in [0.29, 0.717) is 0 Å². The van der Waals surface area contributed by atoms with Crippen LogP contribution in [0.5, 0.6) is 5.75 Å². The normalized spacial score (nSPS) is 14.9. The van der Waals surface area contributed by atoms with Gasteiger partial charge < -0.3 is 15.0 Å². The summed E-state index contributed by atoms with van der Waals surface area (Å²) in [5.74, 6) is 0.894. The van der Waals surface area contributed by atoms with E-state index < -0.39 is 0 Å². The molecule has 26 heavy (non-hydrogen) atoms. The van der Waals surface area contributed by atoms with Crippen molar-refractivity contribution < 1.29 is 4.74 Å². The Kier molecular flexibility index (Phi) is 6.86. The molecule has 1 saturated heterocycles. The molecule has 2 aromatic rings. The van der Waals surface area contributed by atoms with E-state index >= 15 is 0 Å². The number of benzene rings is 2. The molecule has 0 aliphatic carbocycles. The van der Waals surface area contributed by atoms with Crippen molar-refractivity contribution in [1.82, 2.24) is 15.1 Å². The van der Waals surface area contributed by atoms with Crippen LogP contribution < -0.4 is 10.1 Å². The maximum absolute atomic E-state index is 5.57. The van der Waals surface area contributed by atoms with Crippen LogP contribution in [0.1, 0.15) is 11.1 Å². The monoisotopic (exact) mass is 369 g/mol. The molecular weight excluding hydrogens is 342 g/mol. The first-order chi connectivity index (χ1) is 12.7. The molecule has 3 rings (SSSR count). The van der Waals surface area contributed by atoms with E-state index in [2.05, 4.69) is 57.6 Å². The first-order valence-electron chi connectivity index (χ1n) is 9.16. The highest BCUT2D eigenvalue weighted by Gasteiger charge is 2.18. The number of nitrogens with one attached hydrogen (secondary N) is 1. The van der Waals surface area contributed by atoms with Gasteiger partial charge in [-0.25, -0.2) is 0 Å². The molecule has 1 aliphatic rings. The molecule has 0 unspecified atom stereocenters. The van der Waals surface area contributed by atoms with E-state index in [1.54, 1.807) is 7.11 Å². The second-order valence-electron chi connectivity index (χ2n) is 6.58. The second kappa shape index (κ2) is 9.55. The largest absolute Gasteiger partial charge is 0.497 e. The molecule has 138 valence electrons. The summed E-state index contributed by atoms with van der Waals surface area (Å²) in [4.78, 5) is 4.77. The lowest BCUT2D eigenvalue weighted by atomic mass is 10.1. The molecule has 0 spiro atoms. The molecule has 0 atom stereocenters. The van der Waals surface area contributed by atoms with Gasteiger partial charge in [0.25, 0.3) is 0 Å². The minimum absolute atomic E-state index is 0.857. The van der Waals surface area contributed by atoms with Gasteiger partial charge in [-0.05, 0) is 41.9 Å². The maximum atomic E-state index is 5.57. The number of ether oxygens (including phenoxy) is 1. The van der Waals surface area contributed by atoms with Gasteiger partial charge in [0.15, 0.2) is 5.11 Å². The summed E-state index contributed by atoms with van der Waals surface area (Å²) >= 11 is 5.57. The molecule has 0 aromatic heterocycles. The van der Waals surface area contributed by atoms with Crippen LogP contribution in [-0.4, -0.2) is 54.7 Å². The Morgan fingerprint density at radius 3 is 2.31 bits per heavy atom. The molecule has 0 radical (unpaired) electrons. The Morgan fingerprint density at radius 1 is 0.962 bits per heavy atom. The Labute approximate surface area is 161 Å². The zero-order chi connectivity index (χ0) is 18.2. The van der Waals surface area contributed by atoms with Crippen LogP contribution in [0.3, 0.4) is 0 Å². The number of nitrogens with zero attached hydrogens (tertiary/aromatic N) is 2. The summed E-state index contributed by atoms with van der Waals surface area (Å²) in [6.07, 6.45) is 0.956. The van der Waals surface area contributed by atoms with E-state index in [4.69, 9.17) is 17.0 Å². The van der Waals surface area contributed by atoms with E-state index in [1.807, 2.05) is 12.1 Å². The molecule has 1 N–H and O–H groups in total. The van der Waals surface area contributed by atoms with Crippen molar-refractivity contribution in [3.05, 3.63) is 65.7 Å². The van der Waals surface area contributed by atoms with Crippen LogP contribution in [0.15, 0.2) is 54.6 Å². The Balaban J connectivity index is 1.36. The van der Waals surface area contributed by atoms with Crippen molar-refractivity contribution in [3.63, 3.8) is 0 Å². The first-order valence-corrected chi connectivity index (χ1v) is 9.57. The minimum Gasteiger partial charge on any atom is -0.497 e. The fourth-order valence-corrected chi connectivity index (χ4v) is 3.45. The highest BCUT2D eigenvalue weighted by Crippen LogP contribution is 2.12. The Morgan fingerprint density at radius 2 is 1.65 bits per heavy atom. The van der Waals surface area contributed by atoms with Crippen molar-refractivity contribution in [3.8, 4) is 5.75 Å². The highest BCUT2D eigenvalue weighted by atomic mass is 32.1. The lowest BCUT2D eigenvalue weighted by Gasteiger charge is -2.36. The SMILES string of the molecule is COc1ccc(CCNC(=S)N2CCN(Cc3ccccc3)CC2)cc1. The van der Waals surface area contributed by atoms with Crippen LogP contribution in [0.4, 0.5) is 0 Å². The standard InChI is InChI=1S/C21H27N3OS/c1-25-20-9-7-18(8-10-20)11-12-22-21(26)24-15-13-23(14-16-24)17-19-5-3-2-4-6-19/h2-10H,11-17H2,1H3,(H,22,26). The van der Waals surface area contributed by atoms with Gasteiger partial charge >= 0.3 is 0 Å². The minimum atomic E-state index is 0.857. The third-order valence-corrected chi connectivity index (χ3v) is 5.16. The average molecular weight is 370 g/mol. The molecule has 0 saturated carbocycles. The van der Waals surface area contributed by atoms with E-state index in [1.165, 1.54) is 11.1 Å². The van der Waals surface area contributed by atoms with Gasteiger partial charge in [-0.1, -0.05) is 42.5 Å². The van der Waals surface area contributed by atoms with E-state index in [9.17, 15) is 0 Å². The summed E-state index contributed by atoms with van der Waals surface area (Å²) in [7, 11) is 1.69. The predicted molar refractivity (Wildman–Crippen MR) is 111 cm³/mol. The fraction of sp³-hybridized carbons (Fsp3) is 0.381. The highest BCUT2D eigenvalue weighted by molar-refractivity contribution is 7.80. The van der Waals surface area contributed by atoms with Crippen LogP contribution >= 0.6 is 12.2 Å². The topological polar surface area (TPSA) is 27.7 Å². The van der Waals surface area contributed by atoms with Gasteiger partial charge in [0.1, 0.15) is 5.75 Å². The van der Waals surface area contributed by atoms with Crippen LogP contribution in [0, 0.1) is 0 Å². The lowest BCUT2D eigenvalue weighted by Crippen LogP contribution is -2.51. The summed E-state index contributed by atoms with van der Waals surface area (Å²) in [5.41, 5.74) is 2.66. The summed E-state index contributed by atoms with van der Waals surface area (Å²) in [6.45, 7) is 5.95.